The lowest BCUT2D eigenvalue weighted by Crippen LogP contribution is -2.18. The van der Waals surface area contributed by atoms with Crippen molar-refractivity contribution in [3.05, 3.63) is 88.3 Å². The zero-order valence-corrected chi connectivity index (χ0v) is 17.2. The number of esters is 1. The number of hydrogen-bond acceptors (Lipinski definition) is 6. The molecule has 0 fully saturated rings. The Hall–Kier alpha value is -4.07. The molecule has 8 heteroatoms. The monoisotopic (exact) mass is 422 g/mol. The van der Waals surface area contributed by atoms with Gasteiger partial charge >= 0.3 is 5.97 Å². The minimum absolute atomic E-state index is 0.0761. The third kappa shape index (κ3) is 5.72. The number of anilines is 1. The number of benzene rings is 2. The van der Waals surface area contributed by atoms with E-state index in [0.717, 1.165) is 5.56 Å². The number of amides is 1. The van der Waals surface area contributed by atoms with Crippen molar-refractivity contribution < 1.29 is 23.8 Å². The lowest BCUT2D eigenvalue weighted by molar-refractivity contribution is -0.142. The highest BCUT2D eigenvalue weighted by molar-refractivity contribution is 6.04. The second kappa shape index (κ2) is 10.1. The molecule has 0 atom stereocenters. The molecule has 1 heterocycles. The van der Waals surface area contributed by atoms with Crippen molar-refractivity contribution in [1.29, 1.82) is 0 Å². The molecule has 0 aliphatic carbocycles. The molecule has 0 aliphatic rings. The maximum Gasteiger partial charge on any atom is 0.343 e. The predicted octanol–water partition coefficient (Wildman–Crippen LogP) is 2.71. The molecule has 0 saturated heterocycles. The van der Waals surface area contributed by atoms with Crippen LogP contribution in [0.5, 0.6) is 11.5 Å². The van der Waals surface area contributed by atoms with E-state index in [-0.39, 0.29) is 18.1 Å². The Morgan fingerprint density at radius 3 is 2.42 bits per heavy atom. The van der Waals surface area contributed by atoms with Gasteiger partial charge in [-0.1, -0.05) is 18.2 Å². The van der Waals surface area contributed by atoms with Crippen molar-refractivity contribution in [2.45, 2.75) is 6.54 Å². The van der Waals surface area contributed by atoms with Gasteiger partial charge in [0.15, 0.2) is 18.1 Å². The van der Waals surface area contributed by atoms with Gasteiger partial charge in [-0.3, -0.25) is 9.59 Å². The standard InChI is InChI=1S/C23H22N2O6/c1-29-20-13-17(8-11-19(20)31-15-22(27)30-2)23(28)24-18-9-6-16(7-10-18)14-25-12-4-3-5-21(25)26/h3-13H,14-15H2,1-2H3,(H,24,28). The summed E-state index contributed by atoms with van der Waals surface area (Å²) in [6.45, 7) is 0.179. The fourth-order valence-corrected chi connectivity index (χ4v) is 2.81. The Morgan fingerprint density at radius 2 is 1.74 bits per heavy atom. The maximum absolute atomic E-state index is 12.6. The molecule has 0 unspecified atom stereocenters. The molecule has 2 aromatic carbocycles. The Morgan fingerprint density at radius 1 is 0.968 bits per heavy atom. The van der Waals surface area contributed by atoms with Gasteiger partial charge in [0.1, 0.15) is 0 Å². The summed E-state index contributed by atoms with van der Waals surface area (Å²) in [6.07, 6.45) is 1.73. The molecule has 160 valence electrons. The Bertz CT molecular complexity index is 1120. The first-order valence-corrected chi connectivity index (χ1v) is 9.43. The predicted molar refractivity (Wildman–Crippen MR) is 115 cm³/mol. The van der Waals surface area contributed by atoms with E-state index < -0.39 is 5.97 Å². The summed E-state index contributed by atoms with van der Waals surface area (Å²) in [5, 5.41) is 2.81. The van der Waals surface area contributed by atoms with Gasteiger partial charge in [0.05, 0.1) is 20.8 Å². The summed E-state index contributed by atoms with van der Waals surface area (Å²) in [4.78, 5) is 35.7. The molecule has 0 saturated carbocycles. The highest BCUT2D eigenvalue weighted by atomic mass is 16.6. The third-order valence-electron chi connectivity index (χ3n) is 4.46. The fourth-order valence-electron chi connectivity index (χ4n) is 2.81. The first-order valence-electron chi connectivity index (χ1n) is 9.43. The molecular formula is C23H22N2O6. The van der Waals surface area contributed by atoms with Crippen LogP contribution in [0.3, 0.4) is 0 Å². The summed E-state index contributed by atoms with van der Waals surface area (Å²) >= 11 is 0. The third-order valence-corrected chi connectivity index (χ3v) is 4.46. The van der Waals surface area contributed by atoms with Crippen molar-refractivity contribution in [2.75, 3.05) is 26.1 Å². The van der Waals surface area contributed by atoms with Crippen LogP contribution in [0.4, 0.5) is 5.69 Å². The van der Waals surface area contributed by atoms with Crippen LogP contribution in [0, 0.1) is 0 Å². The number of hydrogen-bond donors (Lipinski definition) is 1. The van der Waals surface area contributed by atoms with Crippen molar-refractivity contribution >= 4 is 17.6 Å². The van der Waals surface area contributed by atoms with Crippen molar-refractivity contribution in [2.24, 2.45) is 0 Å². The van der Waals surface area contributed by atoms with Crippen LogP contribution >= 0.6 is 0 Å². The minimum Gasteiger partial charge on any atom is -0.493 e. The molecule has 1 aromatic heterocycles. The van der Waals surface area contributed by atoms with Crippen molar-refractivity contribution in [3.8, 4) is 11.5 Å². The average Bonchev–Trinajstić information content (AvgIpc) is 2.80. The second-order valence-corrected chi connectivity index (χ2v) is 6.55. The molecule has 0 radical (unpaired) electrons. The number of methoxy groups -OCH3 is 2. The van der Waals surface area contributed by atoms with Crippen LogP contribution < -0.4 is 20.3 Å². The first-order chi connectivity index (χ1) is 15.0. The van der Waals surface area contributed by atoms with Gasteiger partial charge in [0, 0.05) is 23.5 Å². The van der Waals surface area contributed by atoms with E-state index >= 15 is 0 Å². The molecule has 3 aromatic rings. The Kier molecular flexibility index (Phi) is 7.05. The molecule has 1 amide bonds. The van der Waals surface area contributed by atoms with E-state index in [9.17, 15) is 14.4 Å². The van der Waals surface area contributed by atoms with Crippen LogP contribution in [0.25, 0.3) is 0 Å². The van der Waals surface area contributed by atoms with E-state index in [2.05, 4.69) is 10.1 Å². The van der Waals surface area contributed by atoms with Gasteiger partial charge in [0.2, 0.25) is 0 Å². The van der Waals surface area contributed by atoms with E-state index in [4.69, 9.17) is 9.47 Å². The van der Waals surface area contributed by atoms with Gasteiger partial charge in [-0.25, -0.2) is 4.79 Å². The van der Waals surface area contributed by atoms with Crippen molar-refractivity contribution in [3.63, 3.8) is 0 Å². The maximum atomic E-state index is 12.6. The summed E-state index contributed by atoms with van der Waals surface area (Å²) < 4.78 is 16.7. The number of nitrogens with one attached hydrogen (secondary N) is 1. The fraction of sp³-hybridized carbons (Fsp3) is 0.174. The average molecular weight is 422 g/mol. The molecule has 0 bridgehead atoms. The second-order valence-electron chi connectivity index (χ2n) is 6.55. The van der Waals surface area contributed by atoms with Crippen LogP contribution in [0.2, 0.25) is 0 Å². The van der Waals surface area contributed by atoms with Crippen LogP contribution in [0.1, 0.15) is 15.9 Å². The summed E-state index contributed by atoms with van der Waals surface area (Å²) in [6, 6.07) is 16.9. The van der Waals surface area contributed by atoms with E-state index in [0.29, 0.717) is 29.3 Å². The molecule has 1 N–H and O–H groups in total. The lowest BCUT2D eigenvalue weighted by atomic mass is 10.1. The zero-order valence-electron chi connectivity index (χ0n) is 17.2. The Balaban J connectivity index is 1.66. The van der Waals surface area contributed by atoms with Crippen LogP contribution in [0.15, 0.2) is 71.7 Å². The van der Waals surface area contributed by atoms with Gasteiger partial charge in [-0.2, -0.15) is 0 Å². The molecular weight excluding hydrogens is 400 g/mol. The number of pyridine rings is 1. The zero-order chi connectivity index (χ0) is 22.2. The molecule has 0 aliphatic heterocycles. The quantitative estimate of drug-likeness (QED) is 0.561. The molecule has 3 rings (SSSR count). The molecule has 31 heavy (non-hydrogen) atoms. The van der Waals surface area contributed by atoms with Gasteiger partial charge < -0.3 is 24.1 Å². The number of carbonyl (C=O) groups excluding carboxylic acids is 2. The van der Waals surface area contributed by atoms with Crippen LogP contribution in [-0.2, 0) is 16.1 Å². The normalized spacial score (nSPS) is 10.3. The lowest BCUT2D eigenvalue weighted by Gasteiger charge is -2.12. The number of nitrogens with zero attached hydrogens (tertiary/aromatic N) is 1. The molecule has 8 nitrogen and oxygen atoms in total. The van der Waals surface area contributed by atoms with Crippen molar-refractivity contribution in [1.82, 2.24) is 4.57 Å². The van der Waals surface area contributed by atoms with Gasteiger partial charge in [-0.15, -0.1) is 0 Å². The largest absolute Gasteiger partial charge is 0.493 e. The first kappa shape index (κ1) is 21.6. The summed E-state index contributed by atoms with van der Waals surface area (Å²) in [7, 11) is 2.71. The number of rotatable bonds is 8. The van der Waals surface area contributed by atoms with Gasteiger partial charge in [0.25, 0.3) is 11.5 Å². The highest BCUT2D eigenvalue weighted by Gasteiger charge is 2.13. The smallest absolute Gasteiger partial charge is 0.343 e. The van der Waals surface area contributed by atoms with E-state index in [1.165, 1.54) is 26.4 Å². The van der Waals surface area contributed by atoms with E-state index in [1.54, 1.807) is 47.2 Å². The summed E-state index contributed by atoms with van der Waals surface area (Å²) in [5.41, 5.74) is 1.83. The van der Waals surface area contributed by atoms with Gasteiger partial charge in [-0.05, 0) is 42.0 Å². The number of carbonyl (C=O) groups is 2. The molecule has 0 spiro atoms. The number of ether oxygens (including phenoxy) is 3. The highest BCUT2D eigenvalue weighted by Crippen LogP contribution is 2.28. The Labute approximate surface area is 179 Å². The SMILES string of the molecule is COC(=O)COc1ccc(C(=O)Nc2ccc(Cn3ccccc3=O)cc2)cc1OC. The minimum atomic E-state index is -0.524. The van der Waals surface area contributed by atoms with Crippen LogP contribution in [-0.4, -0.2) is 37.3 Å². The topological polar surface area (TPSA) is 95.9 Å². The number of aromatic nitrogens is 1. The summed E-state index contributed by atoms with van der Waals surface area (Å²) in [5.74, 6) is -0.209. The van der Waals surface area contributed by atoms with E-state index in [1.807, 2.05) is 12.1 Å².